The number of rotatable bonds is 10. The zero-order valence-corrected chi connectivity index (χ0v) is 20.0. The molecule has 182 valence electrons. The predicted octanol–water partition coefficient (Wildman–Crippen LogP) is 2.03. The number of fused-ring (bicyclic) bond motifs is 1. The molecule has 0 fully saturated rings. The quantitative estimate of drug-likeness (QED) is 0.422. The van der Waals surface area contributed by atoms with Crippen LogP contribution in [-0.2, 0) is 27.4 Å². The minimum atomic E-state index is -0.935. The van der Waals surface area contributed by atoms with Gasteiger partial charge in [0.25, 0.3) is 0 Å². The second-order valence-corrected chi connectivity index (χ2v) is 8.79. The van der Waals surface area contributed by atoms with Gasteiger partial charge < -0.3 is 26.0 Å². The number of anilines is 1. The molecule has 1 aromatic carbocycles. The van der Waals surface area contributed by atoms with Gasteiger partial charge in [0.05, 0.1) is 18.1 Å². The maximum absolute atomic E-state index is 13.7. The Kier molecular flexibility index (Phi) is 8.59. The number of ketones is 1. The van der Waals surface area contributed by atoms with Gasteiger partial charge >= 0.3 is 6.09 Å². The highest BCUT2D eigenvalue weighted by Gasteiger charge is 2.40. The summed E-state index contributed by atoms with van der Waals surface area (Å²) in [5, 5.41) is 11.7. The van der Waals surface area contributed by atoms with Gasteiger partial charge in [0.15, 0.2) is 5.78 Å². The van der Waals surface area contributed by atoms with Crippen LogP contribution in [0.25, 0.3) is 0 Å². The fourth-order valence-corrected chi connectivity index (χ4v) is 3.83. The summed E-state index contributed by atoms with van der Waals surface area (Å²) in [6.45, 7) is 5.51. The first-order chi connectivity index (χ1) is 16.3. The van der Waals surface area contributed by atoms with Gasteiger partial charge in [-0.25, -0.2) is 9.78 Å². The predicted molar refractivity (Wildman–Crippen MR) is 129 cm³/mol. The van der Waals surface area contributed by atoms with E-state index in [-0.39, 0.29) is 24.2 Å². The van der Waals surface area contributed by atoms with Crippen molar-refractivity contribution in [2.45, 2.75) is 58.0 Å². The highest BCUT2D eigenvalue weighted by atomic mass is 16.5. The number of pyridine rings is 1. The van der Waals surface area contributed by atoms with Crippen molar-refractivity contribution in [2.24, 2.45) is 5.92 Å². The van der Waals surface area contributed by atoms with Crippen molar-refractivity contribution in [3.63, 3.8) is 0 Å². The Bertz CT molecular complexity index is 973. The van der Waals surface area contributed by atoms with Crippen molar-refractivity contribution >= 4 is 23.6 Å². The number of carbonyl (C=O) groups is 3. The fourth-order valence-electron chi connectivity index (χ4n) is 3.83. The SMILES string of the molecule is CN[C@@H](C)C(=O)N[C@H](C(=O)C(NC(=O)OCc1ccccc1)[C@@H]1Cc2cccnc2N1)C(C)C. The van der Waals surface area contributed by atoms with E-state index in [9.17, 15) is 14.4 Å². The van der Waals surface area contributed by atoms with Crippen molar-refractivity contribution in [1.82, 2.24) is 20.9 Å². The standard InChI is InChI=1S/C25H33N5O4/c1-15(2)20(29-24(32)16(3)26-4)22(31)21(19-13-18-11-8-12-27-23(18)28-19)30-25(33)34-14-17-9-6-5-7-10-17/h5-12,15-16,19-21,26H,13-14H2,1-4H3,(H,27,28)(H,29,32)(H,30,33)/t16-,19-,20-,21?/m0/s1. The van der Waals surface area contributed by atoms with Crippen LogP contribution in [0.5, 0.6) is 0 Å². The van der Waals surface area contributed by atoms with Crippen LogP contribution >= 0.6 is 0 Å². The van der Waals surface area contributed by atoms with Gasteiger partial charge in [-0.2, -0.15) is 0 Å². The number of amides is 2. The third-order valence-electron chi connectivity index (χ3n) is 5.95. The van der Waals surface area contributed by atoms with E-state index < -0.39 is 30.3 Å². The minimum absolute atomic E-state index is 0.0808. The molecule has 1 aromatic heterocycles. The average Bonchev–Trinajstić information content (AvgIpc) is 3.27. The molecule has 0 bridgehead atoms. The Labute approximate surface area is 200 Å². The lowest BCUT2D eigenvalue weighted by molar-refractivity contribution is -0.130. The van der Waals surface area contributed by atoms with Crippen molar-refractivity contribution in [1.29, 1.82) is 0 Å². The van der Waals surface area contributed by atoms with E-state index in [1.807, 2.05) is 56.3 Å². The number of likely N-dealkylation sites (N-methyl/N-ethyl adjacent to an activating group) is 1. The third-order valence-corrected chi connectivity index (χ3v) is 5.95. The number of hydrogen-bond donors (Lipinski definition) is 4. The maximum atomic E-state index is 13.7. The van der Waals surface area contributed by atoms with Gasteiger partial charge in [0.2, 0.25) is 5.91 Å². The summed E-state index contributed by atoms with van der Waals surface area (Å²) < 4.78 is 5.38. The number of aromatic nitrogens is 1. The first-order valence-electron chi connectivity index (χ1n) is 11.5. The van der Waals surface area contributed by atoms with Crippen LogP contribution in [-0.4, -0.2) is 54.0 Å². The topological polar surface area (TPSA) is 121 Å². The van der Waals surface area contributed by atoms with Gasteiger partial charge in [-0.05, 0) is 43.5 Å². The van der Waals surface area contributed by atoms with Crippen molar-refractivity contribution < 1.29 is 19.1 Å². The molecule has 9 heteroatoms. The second kappa shape index (κ2) is 11.6. The summed E-state index contributed by atoms with van der Waals surface area (Å²) in [5.74, 6) is -0.0938. The summed E-state index contributed by atoms with van der Waals surface area (Å²) in [7, 11) is 1.68. The molecule has 4 atom stereocenters. The Morgan fingerprint density at radius 3 is 2.47 bits per heavy atom. The van der Waals surface area contributed by atoms with Crippen molar-refractivity contribution in [3.8, 4) is 0 Å². The fraction of sp³-hybridized carbons (Fsp3) is 0.440. The zero-order chi connectivity index (χ0) is 24.7. The molecule has 1 unspecified atom stereocenters. The molecule has 4 N–H and O–H groups in total. The lowest BCUT2D eigenvalue weighted by atomic mass is 9.90. The first kappa shape index (κ1) is 25.2. The monoisotopic (exact) mass is 467 g/mol. The van der Waals surface area contributed by atoms with Gasteiger partial charge in [-0.1, -0.05) is 50.2 Å². The van der Waals surface area contributed by atoms with Crippen LogP contribution in [0.4, 0.5) is 10.6 Å². The number of Topliss-reactive ketones (excluding diaryl/α,β-unsaturated/α-hetero) is 1. The van der Waals surface area contributed by atoms with Crippen LogP contribution in [0.2, 0.25) is 0 Å². The molecule has 0 radical (unpaired) electrons. The minimum Gasteiger partial charge on any atom is -0.445 e. The maximum Gasteiger partial charge on any atom is 0.408 e. The van der Waals surface area contributed by atoms with Crippen molar-refractivity contribution in [2.75, 3.05) is 12.4 Å². The van der Waals surface area contributed by atoms with Crippen LogP contribution in [0.1, 0.15) is 31.9 Å². The van der Waals surface area contributed by atoms with E-state index in [4.69, 9.17) is 4.74 Å². The van der Waals surface area contributed by atoms with Gasteiger partial charge in [-0.15, -0.1) is 0 Å². The van der Waals surface area contributed by atoms with Crippen molar-refractivity contribution in [3.05, 3.63) is 59.8 Å². The number of hydrogen-bond acceptors (Lipinski definition) is 7. The zero-order valence-electron chi connectivity index (χ0n) is 20.0. The van der Waals surface area contributed by atoms with Gasteiger partial charge in [0.1, 0.15) is 18.5 Å². The molecule has 1 aliphatic rings. The largest absolute Gasteiger partial charge is 0.445 e. The Morgan fingerprint density at radius 2 is 1.82 bits per heavy atom. The summed E-state index contributed by atoms with van der Waals surface area (Å²) in [6.07, 6.45) is 1.47. The lowest BCUT2D eigenvalue weighted by Gasteiger charge is -2.30. The smallest absolute Gasteiger partial charge is 0.408 e. The van der Waals surface area contributed by atoms with E-state index in [1.165, 1.54) is 0 Å². The van der Waals surface area contributed by atoms with E-state index >= 15 is 0 Å². The molecule has 0 aliphatic carbocycles. The number of benzene rings is 1. The first-order valence-corrected chi connectivity index (χ1v) is 11.5. The molecule has 0 saturated carbocycles. The van der Waals surface area contributed by atoms with Crippen LogP contribution < -0.4 is 21.3 Å². The third kappa shape index (κ3) is 6.32. The molecule has 0 spiro atoms. The summed E-state index contributed by atoms with van der Waals surface area (Å²) in [6, 6.07) is 10.4. The number of nitrogens with one attached hydrogen (secondary N) is 4. The molecule has 9 nitrogen and oxygen atoms in total. The van der Waals surface area contributed by atoms with Gasteiger partial charge in [-0.3, -0.25) is 9.59 Å². The molecule has 1 aliphatic heterocycles. The molecule has 2 amide bonds. The number of nitrogens with zero attached hydrogens (tertiary/aromatic N) is 1. The molecule has 2 aromatic rings. The molecular formula is C25H33N5O4. The number of alkyl carbamates (subject to hydrolysis) is 1. The molecule has 2 heterocycles. The highest BCUT2D eigenvalue weighted by molar-refractivity contribution is 5.96. The molecular weight excluding hydrogens is 434 g/mol. The van der Waals surface area contributed by atoms with Crippen LogP contribution in [0, 0.1) is 5.92 Å². The van der Waals surface area contributed by atoms with E-state index in [0.29, 0.717) is 12.2 Å². The summed E-state index contributed by atoms with van der Waals surface area (Å²) in [4.78, 5) is 43.3. The van der Waals surface area contributed by atoms with E-state index in [0.717, 1.165) is 11.1 Å². The second-order valence-electron chi connectivity index (χ2n) is 8.79. The van der Waals surface area contributed by atoms with Gasteiger partial charge in [0, 0.05) is 6.20 Å². The molecule has 34 heavy (non-hydrogen) atoms. The average molecular weight is 468 g/mol. The lowest BCUT2D eigenvalue weighted by Crippen LogP contribution is -2.60. The Morgan fingerprint density at radius 1 is 1.09 bits per heavy atom. The van der Waals surface area contributed by atoms with Crippen LogP contribution in [0.3, 0.4) is 0 Å². The summed E-state index contributed by atoms with van der Waals surface area (Å²) in [5.41, 5.74) is 1.79. The van der Waals surface area contributed by atoms with E-state index in [2.05, 4.69) is 26.3 Å². The molecule has 0 saturated heterocycles. The Balaban J connectivity index is 1.78. The molecule has 3 rings (SSSR count). The van der Waals surface area contributed by atoms with Crippen LogP contribution in [0.15, 0.2) is 48.7 Å². The normalized spacial score (nSPS) is 17.1. The highest BCUT2D eigenvalue weighted by Crippen LogP contribution is 2.25. The number of carbonyl (C=O) groups excluding carboxylic acids is 3. The summed E-state index contributed by atoms with van der Waals surface area (Å²) >= 11 is 0. The Hall–Kier alpha value is -3.46. The number of ether oxygens (including phenoxy) is 1. The van der Waals surface area contributed by atoms with E-state index in [1.54, 1.807) is 20.2 Å².